The predicted molar refractivity (Wildman–Crippen MR) is 60.7 cm³/mol. The number of rotatable bonds is 4. The zero-order chi connectivity index (χ0) is 11.5. The maximum absolute atomic E-state index is 12.2. The Balaban J connectivity index is 2.69. The average Bonchev–Trinajstić information content (AvgIpc) is 2.72. The lowest BCUT2D eigenvalue weighted by Crippen LogP contribution is -2.50. The summed E-state index contributed by atoms with van der Waals surface area (Å²) in [5, 5.41) is 0. The molecule has 0 aromatic rings. The molecule has 0 spiro atoms. The number of hydrogen-bond donors (Lipinski definition) is 0. The lowest BCUT2D eigenvalue weighted by atomic mass is 10.1. The van der Waals surface area contributed by atoms with E-state index in [0.717, 1.165) is 19.4 Å². The number of hydrogen-bond acceptors (Lipinski definition) is 2. The Bertz CT molecular complexity index is 220. The molecule has 0 aliphatic heterocycles. The molecule has 0 unspecified atom stereocenters. The van der Waals surface area contributed by atoms with Gasteiger partial charge in [0.15, 0.2) is 0 Å². The van der Waals surface area contributed by atoms with Gasteiger partial charge in [0, 0.05) is 19.7 Å². The molecule has 3 heteroatoms. The van der Waals surface area contributed by atoms with Crippen molar-refractivity contribution < 1.29 is 9.53 Å². The third-order valence-corrected chi connectivity index (χ3v) is 3.39. The van der Waals surface area contributed by atoms with Crippen molar-refractivity contribution in [1.29, 1.82) is 0 Å². The van der Waals surface area contributed by atoms with Crippen LogP contribution < -0.4 is 0 Å². The van der Waals surface area contributed by atoms with E-state index in [0.29, 0.717) is 6.04 Å². The van der Waals surface area contributed by atoms with E-state index < -0.39 is 5.60 Å². The molecule has 0 radical (unpaired) electrons. The van der Waals surface area contributed by atoms with E-state index in [1.54, 1.807) is 7.11 Å². The highest BCUT2D eigenvalue weighted by atomic mass is 16.5. The van der Waals surface area contributed by atoms with Crippen molar-refractivity contribution in [1.82, 2.24) is 4.90 Å². The molecule has 15 heavy (non-hydrogen) atoms. The third kappa shape index (κ3) is 2.71. The number of amides is 1. The Hall–Kier alpha value is -0.570. The van der Waals surface area contributed by atoms with Gasteiger partial charge in [0.05, 0.1) is 0 Å². The minimum absolute atomic E-state index is 0.124. The summed E-state index contributed by atoms with van der Waals surface area (Å²) in [5.41, 5.74) is -0.682. The molecule has 0 bridgehead atoms. The quantitative estimate of drug-likeness (QED) is 0.716. The molecule has 0 N–H and O–H groups in total. The van der Waals surface area contributed by atoms with Crippen LogP contribution in [0.2, 0.25) is 0 Å². The zero-order valence-electron chi connectivity index (χ0n) is 10.4. The molecule has 3 nitrogen and oxygen atoms in total. The zero-order valence-corrected chi connectivity index (χ0v) is 10.4. The highest BCUT2D eigenvalue weighted by Gasteiger charge is 2.35. The number of carbonyl (C=O) groups is 1. The van der Waals surface area contributed by atoms with Gasteiger partial charge in [-0.15, -0.1) is 0 Å². The Morgan fingerprint density at radius 1 is 1.40 bits per heavy atom. The maximum Gasteiger partial charge on any atom is 0.254 e. The average molecular weight is 213 g/mol. The molecule has 88 valence electrons. The molecule has 0 atom stereocenters. The van der Waals surface area contributed by atoms with Crippen LogP contribution in [0.4, 0.5) is 0 Å². The normalized spacial score (nSPS) is 18.1. The van der Waals surface area contributed by atoms with Crippen molar-refractivity contribution in [2.24, 2.45) is 0 Å². The second-order valence-corrected chi connectivity index (χ2v) is 4.74. The van der Waals surface area contributed by atoms with Crippen LogP contribution in [-0.2, 0) is 9.53 Å². The number of ether oxygens (including phenoxy) is 1. The fourth-order valence-corrected chi connectivity index (χ4v) is 2.22. The van der Waals surface area contributed by atoms with E-state index in [4.69, 9.17) is 4.74 Å². The van der Waals surface area contributed by atoms with E-state index in [-0.39, 0.29) is 5.91 Å². The molecule has 1 saturated carbocycles. The number of methoxy groups -OCH3 is 1. The van der Waals surface area contributed by atoms with E-state index in [1.807, 2.05) is 25.7 Å². The van der Waals surface area contributed by atoms with Crippen molar-refractivity contribution >= 4 is 5.91 Å². The summed E-state index contributed by atoms with van der Waals surface area (Å²) in [6.07, 6.45) is 4.81. The largest absolute Gasteiger partial charge is 0.369 e. The van der Waals surface area contributed by atoms with E-state index in [9.17, 15) is 4.79 Å². The molecule has 0 heterocycles. The van der Waals surface area contributed by atoms with E-state index in [2.05, 4.69) is 0 Å². The first-order valence-corrected chi connectivity index (χ1v) is 5.89. The minimum atomic E-state index is -0.682. The Kier molecular flexibility index (Phi) is 4.14. The number of carbonyl (C=O) groups excluding carboxylic acids is 1. The molecular formula is C12H23NO2. The Morgan fingerprint density at radius 3 is 2.33 bits per heavy atom. The third-order valence-electron chi connectivity index (χ3n) is 3.39. The van der Waals surface area contributed by atoms with Crippen LogP contribution in [-0.4, -0.2) is 36.1 Å². The van der Waals surface area contributed by atoms with Gasteiger partial charge in [-0.05, 0) is 33.6 Å². The predicted octanol–water partition coefficient (Wildman–Crippen LogP) is 2.20. The topological polar surface area (TPSA) is 29.5 Å². The van der Waals surface area contributed by atoms with Crippen molar-refractivity contribution in [3.63, 3.8) is 0 Å². The first kappa shape index (κ1) is 12.5. The molecule has 1 aliphatic rings. The number of nitrogens with zero attached hydrogens (tertiary/aromatic N) is 1. The lowest BCUT2D eigenvalue weighted by Gasteiger charge is -2.34. The molecule has 1 amide bonds. The van der Waals surface area contributed by atoms with Gasteiger partial charge in [-0.3, -0.25) is 4.79 Å². The van der Waals surface area contributed by atoms with E-state index in [1.165, 1.54) is 12.8 Å². The minimum Gasteiger partial charge on any atom is -0.369 e. The fourth-order valence-electron chi connectivity index (χ4n) is 2.22. The second kappa shape index (κ2) is 4.97. The van der Waals surface area contributed by atoms with Gasteiger partial charge >= 0.3 is 0 Å². The number of likely N-dealkylation sites (N-methyl/N-ethyl adjacent to an activating group) is 1. The monoisotopic (exact) mass is 213 g/mol. The van der Waals surface area contributed by atoms with Crippen molar-refractivity contribution in [3.8, 4) is 0 Å². The van der Waals surface area contributed by atoms with Crippen molar-refractivity contribution in [2.75, 3.05) is 13.7 Å². The first-order chi connectivity index (χ1) is 7.03. The summed E-state index contributed by atoms with van der Waals surface area (Å²) >= 11 is 0. The van der Waals surface area contributed by atoms with Gasteiger partial charge in [0.2, 0.25) is 0 Å². The maximum atomic E-state index is 12.2. The molecular weight excluding hydrogens is 190 g/mol. The summed E-state index contributed by atoms with van der Waals surface area (Å²) in [6.45, 7) is 6.51. The molecule has 1 aliphatic carbocycles. The van der Waals surface area contributed by atoms with Crippen LogP contribution >= 0.6 is 0 Å². The van der Waals surface area contributed by atoms with Crippen LogP contribution in [0.15, 0.2) is 0 Å². The molecule has 1 fully saturated rings. The molecule has 0 saturated heterocycles. The molecule has 0 aromatic carbocycles. The van der Waals surface area contributed by atoms with Crippen LogP contribution in [0.25, 0.3) is 0 Å². The van der Waals surface area contributed by atoms with Gasteiger partial charge in [-0.25, -0.2) is 0 Å². The summed E-state index contributed by atoms with van der Waals surface area (Å²) in [4.78, 5) is 14.2. The Morgan fingerprint density at radius 2 is 1.93 bits per heavy atom. The van der Waals surface area contributed by atoms with Crippen LogP contribution in [0.1, 0.15) is 46.5 Å². The summed E-state index contributed by atoms with van der Waals surface area (Å²) in [7, 11) is 1.60. The first-order valence-electron chi connectivity index (χ1n) is 5.89. The van der Waals surface area contributed by atoms with Crippen LogP contribution in [0, 0.1) is 0 Å². The SMILES string of the molecule is CCN(C(=O)C(C)(C)OC)C1CCCC1. The van der Waals surface area contributed by atoms with Crippen LogP contribution in [0.5, 0.6) is 0 Å². The van der Waals surface area contributed by atoms with Crippen molar-refractivity contribution in [3.05, 3.63) is 0 Å². The fraction of sp³-hybridized carbons (Fsp3) is 0.917. The van der Waals surface area contributed by atoms with Gasteiger partial charge < -0.3 is 9.64 Å². The highest BCUT2D eigenvalue weighted by molar-refractivity contribution is 5.84. The molecule has 1 rings (SSSR count). The summed E-state index contributed by atoms with van der Waals surface area (Å²) < 4.78 is 5.25. The van der Waals surface area contributed by atoms with Crippen molar-refractivity contribution in [2.45, 2.75) is 58.1 Å². The Labute approximate surface area is 92.8 Å². The van der Waals surface area contributed by atoms with Gasteiger partial charge in [0.1, 0.15) is 5.60 Å². The van der Waals surface area contributed by atoms with Crippen LogP contribution in [0.3, 0.4) is 0 Å². The van der Waals surface area contributed by atoms with Gasteiger partial charge in [0.25, 0.3) is 5.91 Å². The molecule has 0 aromatic heterocycles. The summed E-state index contributed by atoms with van der Waals surface area (Å²) in [6, 6.07) is 0.442. The van der Waals surface area contributed by atoms with E-state index >= 15 is 0 Å². The lowest BCUT2D eigenvalue weighted by molar-refractivity contribution is -0.153. The van der Waals surface area contributed by atoms with Gasteiger partial charge in [-0.2, -0.15) is 0 Å². The highest BCUT2D eigenvalue weighted by Crippen LogP contribution is 2.26. The standard InChI is InChI=1S/C12H23NO2/c1-5-13(10-8-6-7-9-10)11(14)12(2,3)15-4/h10H,5-9H2,1-4H3. The second-order valence-electron chi connectivity index (χ2n) is 4.74. The van der Waals surface area contributed by atoms with Gasteiger partial charge in [-0.1, -0.05) is 12.8 Å². The summed E-state index contributed by atoms with van der Waals surface area (Å²) in [5.74, 6) is 0.124. The smallest absolute Gasteiger partial charge is 0.254 e.